The number of alkyl halides is 1. The number of furan rings is 1. The maximum absolute atomic E-state index is 5.12. The molecule has 0 spiro atoms. The first-order valence-corrected chi connectivity index (χ1v) is 7.08. The summed E-state index contributed by atoms with van der Waals surface area (Å²) < 4.78 is 5.12. The Bertz CT molecular complexity index is 627. The van der Waals surface area contributed by atoms with Gasteiger partial charge in [-0.3, -0.25) is 0 Å². The number of hydrogen-bond donors (Lipinski definition) is 0. The van der Waals surface area contributed by atoms with Crippen LogP contribution in [0.1, 0.15) is 16.0 Å². The fraction of sp³-hybridized carbons (Fsp3) is 0.0588. The van der Waals surface area contributed by atoms with Gasteiger partial charge < -0.3 is 4.42 Å². The minimum absolute atomic E-state index is 0.177. The van der Waals surface area contributed by atoms with E-state index in [9.17, 15) is 0 Å². The second-order valence-corrected chi connectivity index (χ2v) is 5.32. The number of halogens is 1. The Kier molecular flexibility index (Phi) is 3.51. The molecule has 0 fully saturated rings. The molecule has 3 aromatic rings. The standard InChI is InChI=1S/C17H13BrO/c18-17(16-10-11-19-12-16)15-8-6-14(7-9-15)13-4-2-1-3-5-13/h1-12,17H. The van der Waals surface area contributed by atoms with Gasteiger partial charge in [0.2, 0.25) is 0 Å². The lowest BCUT2D eigenvalue weighted by Crippen LogP contribution is -1.90. The highest BCUT2D eigenvalue weighted by Crippen LogP contribution is 2.32. The van der Waals surface area contributed by atoms with E-state index in [2.05, 4.69) is 64.5 Å². The summed E-state index contributed by atoms with van der Waals surface area (Å²) in [7, 11) is 0. The van der Waals surface area contributed by atoms with E-state index in [0.717, 1.165) is 5.56 Å². The molecular weight excluding hydrogens is 300 g/mol. The summed E-state index contributed by atoms with van der Waals surface area (Å²) >= 11 is 3.69. The number of hydrogen-bond acceptors (Lipinski definition) is 1. The van der Waals surface area contributed by atoms with E-state index < -0.39 is 0 Å². The molecule has 0 N–H and O–H groups in total. The monoisotopic (exact) mass is 312 g/mol. The van der Waals surface area contributed by atoms with E-state index in [0.29, 0.717) is 0 Å². The lowest BCUT2D eigenvalue weighted by atomic mass is 10.0. The molecule has 0 saturated carbocycles. The molecule has 0 bridgehead atoms. The minimum atomic E-state index is 0.177. The van der Waals surface area contributed by atoms with Crippen LogP contribution in [0.2, 0.25) is 0 Å². The predicted octanol–water partition coefficient (Wildman–Crippen LogP) is 5.43. The van der Waals surface area contributed by atoms with Gasteiger partial charge in [0.1, 0.15) is 0 Å². The van der Waals surface area contributed by atoms with Crippen molar-refractivity contribution in [3.05, 3.63) is 84.3 Å². The normalized spacial score (nSPS) is 12.3. The summed E-state index contributed by atoms with van der Waals surface area (Å²) in [6, 6.07) is 21.0. The van der Waals surface area contributed by atoms with E-state index in [1.54, 1.807) is 12.5 Å². The summed E-state index contributed by atoms with van der Waals surface area (Å²) in [4.78, 5) is 0.177. The average Bonchev–Trinajstić information content (AvgIpc) is 3.02. The second kappa shape index (κ2) is 5.45. The molecule has 94 valence electrons. The molecule has 1 unspecified atom stereocenters. The van der Waals surface area contributed by atoms with Crippen LogP contribution < -0.4 is 0 Å². The zero-order valence-electron chi connectivity index (χ0n) is 10.3. The Labute approximate surface area is 121 Å². The van der Waals surface area contributed by atoms with Gasteiger partial charge in [-0.2, -0.15) is 0 Å². The summed E-state index contributed by atoms with van der Waals surface area (Å²) in [6.07, 6.45) is 3.46. The lowest BCUT2D eigenvalue weighted by Gasteiger charge is -2.09. The van der Waals surface area contributed by atoms with Crippen LogP contribution in [0.5, 0.6) is 0 Å². The molecule has 0 aliphatic heterocycles. The molecule has 2 aromatic carbocycles. The molecule has 1 atom stereocenters. The fourth-order valence-corrected chi connectivity index (χ4v) is 2.65. The molecule has 1 heterocycles. The first kappa shape index (κ1) is 12.2. The highest BCUT2D eigenvalue weighted by molar-refractivity contribution is 9.09. The molecular formula is C17H13BrO. The van der Waals surface area contributed by atoms with Crippen molar-refractivity contribution < 1.29 is 4.42 Å². The molecule has 0 radical (unpaired) electrons. The van der Waals surface area contributed by atoms with Gasteiger partial charge >= 0.3 is 0 Å². The number of rotatable bonds is 3. The molecule has 0 aliphatic rings. The highest BCUT2D eigenvalue weighted by Gasteiger charge is 2.11. The molecule has 0 amide bonds. The smallest absolute Gasteiger partial charge is 0.0949 e. The number of benzene rings is 2. The van der Waals surface area contributed by atoms with Crippen LogP contribution in [0.25, 0.3) is 11.1 Å². The largest absolute Gasteiger partial charge is 0.472 e. The molecule has 2 heteroatoms. The van der Waals surface area contributed by atoms with Gasteiger partial charge in [-0.15, -0.1) is 0 Å². The molecule has 0 saturated heterocycles. The van der Waals surface area contributed by atoms with E-state index in [1.807, 2.05) is 12.1 Å². The predicted molar refractivity (Wildman–Crippen MR) is 81.4 cm³/mol. The Hall–Kier alpha value is -1.80. The Morgan fingerprint density at radius 2 is 1.42 bits per heavy atom. The summed E-state index contributed by atoms with van der Waals surface area (Å²) in [5.74, 6) is 0. The summed E-state index contributed by atoms with van der Waals surface area (Å²) in [5.41, 5.74) is 4.83. The second-order valence-electron chi connectivity index (χ2n) is 4.41. The van der Waals surface area contributed by atoms with Crippen LogP contribution in [-0.2, 0) is 0 Å². The average molecular weight is 313 g/mol. The molecule has 3 rings (SSSR count). The zero-order chi connectivity index (χ0) is 13.1. The topological polar surface area (TPSA) is 13.1 Å². The molecule has 1 nitrogen and oxygen atoms in total. The van der Waals surface area contributed by atoms with Crippen molar-refractivity contribution in [3.8, 4) is 11.1 Å². The van der Waals surface area contributed by atoms with Gasteiger partial charge in [0, 0.05) is 5.56 Å². The fourth-order valence-electron chi connectivity index (χ4n) is 2.09. The SMILES string of the molecule is BrC(c1ccc(-c2ccccc2)cc1)c1ccoc1. The van der Waals surface area contributed by atoms with Crippen molar-refractivity contribution in [2.24, 2.45) is 0 Å². The van der Waals surface area contributed by atoms with Gasteiger partial charge in [-0.25, -0.2) is 0 Å². The zero-order valence-corrected chi connectivity index (χ0v) is 11.9. The Morgan fingerprint density at radius 3 is 2.05 bits per heavy atom. The molecule has 1 aromatic heterocycles. The van der Waals surface area contributed by atoms with E-state index >= 15 is 0 Å². The van der Waals surface area contributed by atoms with Crippen molar-refractivity contribution in [1.29, 1.82) is 0 Å². The Morgan fingerprint density at radius 1 is 0.737 bits per heavy atom. The van der Waals surface area contributed by atoms with E-state index in [4.69, 9.17) is 4.42 Å². The molecule has 19 heavy (non-hydrogen) atoms. The van der Waals surface area contributed by atoms with Crippen LogP contribution in [0, 0.1) is 0 Å². The van der Waals surface area contributed by atoms with E-state index in [1.165, 1.54) is 16.7 Å². The van der Waals surface area contributed by atoms with Gasteiger partial charge in [0.05, 0.1) is 17.4 Å². The third kappa shape index (κ3) is 2.64. The summed E-state index contributed by atoms with van der Waals surface area (Å²) in [6.45, 7) is 0. The van der Waals surface area contributed by atoms with Crippen LogP contribution >= 0.6 is 15.9 Å². The van der Waals surface area contributed by atoms with Crippen molar-refractivity contribution in [3.63, 3.8) is 0 Å². The molecule has 0 aliphatic carbocycles. The van der Waals surface area contributed by atoms with Gasteiger partial charge in [0.15, 0.2) is 0 Å². The minimum Gasteiger partial charge on any atom is -0.472 e. The maximum Gasteiger partial charge on any atom is 0.0949 e. The quantitative estimate of drug-likeness (QED) is 0.588. The highest BCUT2D eigenvalue weighted by atomic mass is 79.9. The van der Waals surface area contributed by atoms with Gasteiger partial charge in [-0.1, -0.05) is 70.5 Å². The van der Waals surface area contributed by atoms with Crippen molar-refractivity contribution in [2.75, 3.05) is 0 Å². The van der Waals surface area contributed by atoms with Crippen molar-refractivity contribution >= 4 is 15.9 Å². The van der Waals surface area contributed by atoms with Crippen LogP contribution in [-0.4, -0.2) is 0 Å². The van der Waals surface area contributed by atoms with E-state index in [-0.39, 0.29) is 4.83 Å². The van der Waals surface area contributed by atoms with Gasteiger partial charge in [-0.05, 0) is 22.8 Å². The third-order valence-corrected chi connectivity index (χ3v) is 4.20. The van der Waals surface area contributed by atoms with Gasteiger partial charge in [0.25, 0.3) is 0 Å². The first-order chi connectivity index (χ1) is 9.34. The maximum atomic E-state index is 5.12. The van der Waals surface area contributed by atoms with Crippen LogP contribution in [0.4, 0.5) is 0 Å². The Balaban J connectivity index is 1.87. The summed E-state index contributed by atoms with van der Waals surface area (Å²) in [5, 5.41) is 0. The first-order valence-electron chi connectivity index (χ1n) is 6.16. The third-order valence-electron chi connectivity index (χ3n) is 3.15. The van der Waals surface area contributed by atoms with Crippen molar-refractivity contribution in [2.45, 2.75) is 4.83 Å². The van der Waals surface area contributed by atoms with Crippen LogP contribution in [0.15, 0.2) is 77.6 Å². The van der Waals surface area contributed by atoms with Crippen LogP contribution in [0.3, 0.4) is 0 Å². The van der Waals surface area contributed by atoms with Crippen molar-refractivity contribution in [1.82, 2.24) is 0 Å². The lowest BCUT2D eigenvalue weighted by molar-refractivity contribution is 0.564.